The molecule has 0 aliphatic rings. The van der Waals surface area contributed by atoms with Gasteiger partial charge in [0.15, 0.2) is 0 Å². The Morgan fingerprint density at radius 2 is 1.90 bits per heavy atom. The van der Waals surface area contributed by atoms with Crippen LogP contribution in [0.1, 0.15) is 22.3 Å². The molecule has 1 heterocycles. The fourth-order valence-corrected chi connectivity index (χ4v) is 3.62. The molecule has 0 aliphatic heterocycles. The number of pyridine rings is 1. The lowest BCUT2D eigenvalue weighted by atomic mass is 9.98. The van der Waals surface area contributed by atoms with E-state index in [1.54, 1.807) is 30.2 Å². The van der Waals surface area contributed by atoms with Gasteiger partial charge < -0.3 is 15.7 Å². The summed E-state index contributed by atoms with van der Waals surface area (Å²) >= 11 is 1.55. The smallest absolute Gasteiger partial charge is 0.326 e. The van der Waals surface area contributed by atoms with Gasteiger partial charge >= 0.3 is 5.97 Å². The maximum atomic E-state index is 13.0. The van der Waals surface area contributed by atoms with Gasteiger partial charge in [0.1, 0.15) is 6.04 Å². The molecule has 3 aromatic rings. The predicted octanol–water partition coefficient (Wildman–Crippen LogP) is 4.30. The largest absolute Gasteiger partial charge is 0.480 e. The SMILES string of the molecule is CSCC[C@H](NC(=O)c1ccc(NCc2cccnc2)cc1-c1ccccc1)C(=O)O. The van der Waals surface area contributed by atoms with Crippen LogP contribution in [-0.2, 0) is 11.3 Å². The Bertz CT molecular complexity index is 1010. The van der Waals surface area contributed by atoms with Crippen LogP contribution < -0.4 is 10.6 Å². The zero-order chi connectivity index (χ0) is 22.1. The van der Waals surface area contributed by atoms with Gasteiger partial charge in [0.2, 0.25) is 0 Å². The predicted molar refractivity (Wildman–Crippen MR) is 125 cm³/mol. The third-order valence-electron chi connectivity index (χ3n) is 4.78. The average molecular weight is 436 g/mol. The van der Waals surface area contributed by atoms with Gasteiger partial charge in [0.05, 0.1) is 0 Å². The zero-order valence-corrected chi connectivity index (χ0v) is 18.1. The van der Waals surface area contributed by atoms with Gasteiger partial charge in [-0.2, -0.15) is 11.8 Å². The van der Waals surface area contributed by atoms with E-state index in [0.717, 1.165) is 22.4 Å². The molecule has 160 valence electrons. The summed E-state index contributed by atoms with van der Waals surface area (Å²) in [4.78, 5) is 28.7. The molecule has 2 aromatic carbocycles. The Morgan fingerprint density at radius 3 is 2.58 bits per heavy atom. The molecular weight excluding hydrogens is 410 g/mol. The molecule has 3 rings (SSSR count). The highest BCUT2D eigenvalue weighted by Gasteiger charge is 2.22. The number of nitrogens with one attached hydrogen (secondary N) is 2. The Morgan fingerprint density at radius 1 is 1.10 bits per heavy atom. The van der Waals surface area contributed by atoms with Crippen molar-refractivity contribution >= 4 is 29.3 Å². The lowest BCUT2D eigenvalue weighted by molar-refractivity contribution is -0.139. The molecule has 1 aromatic heterocycles. The first-order valence-electron chi connectivity index (χ1n) is 9.93. The van der Waals surface area contributed by atoms with Crippen LogP contribution in [0.5, 0.6) is 0 Å². The Kier molecular flexibility index (Phi) is 8.06. The number of amides is 1. The fraction of sp³-hybridized carbons (Fsp3) is 0.208. The second-order valence-electron chi connectivity index (χ2n) is 6.99. The first-order chi connectivity index (χ1) is 15.1. The summed E-state index contributed by atoms with van der Waals surface area (Å²) in [6, 6.07) is 18.0. The van der Waals surface area contributed by atoms with Crippen LogP contribution in [0.15, 0.2) is 73.1 Å². The number of benzene rings is 2. The molecule has 0 bridgehead atoms. The lowest BCUT2D eigenvalue weighted by Crippen LogP contribution is -2.41. The van der Waals surface area contributed by atoms with Gasteiger partial charge in [0, 0.05) is 30.2 Å². The molecule has 3 N–H and O–H groups in total. The van der Waals surface area contributed by atoms with Crippen molar-refractivity contribution in [3.05, 3.63) is 84.2 Å². The standard InChI is InChI=1S/C24H25N3O3S/c1-31-13-11-22(24(29)30)27-23(28)20-10-9-19(26-16-17-6-5-12-25-15-17)14-21(20)18-7-3-2-4-8-18/h2-10,12,14-15,22,26H,11,13,16H2,1H3,(H,27,28)(H,29,30)/t22-/m0/s1. The number of rotatable bonds is 10. The van der Waals surface area contributed by atoms with Crippen molar-refractivity contribution in [3.8, 4) is 11.1 Å². The van der Waals surface area contributed by atoms with Crippen molar-refractivity contribution in [3.63, 3.8) is 0 Å². The summed E-state index contributed by atoms with van der Waals surface area (Å²) in [5.74, 6) is -0.774. The van der Waals surface area contributed by atoms with E-state index in [0.29, 0.717) is 24.3 Å². The number of carboxylic acids is 1. The number of carbonyl (C=O) groups excluding carboxylic acids is 1. The van der Waals surface area contributed by atoms with Gasteiger partial charge in [-0.1, -0.05) is 36.4 Å². The molecule has 0 spiro atoms. The normalized spacial score (nSPS) is 11.5. The third kappa shape index (κ3) is 6.33. The van der Waals surface area contributed by atoms with Crippen molar-refractivity contribution in [2.45, 2.75) is 19.0 Å². The van der Waals surface area contributed by atoms with E-state index < -0.39 is 17.9 Å². The number of aliphatic carboxylic acids is 1. The van der Waals surface area contributed by atoms with Crippen LogP contribution in [0, 0.1) is 0 Å². The topological polar surface area (TPSA) is 91.3 Å². The Balaban J connectivity index is 1.86. The number of aromatic nitrogens is 1. The number of nitrogens with zero attached hydrogens (tertiary/aromatic N) is 1. The van der Waals surface area contributed by atoms with Crippen LogP contribution in [0.25, 0.3) is 11.1 Å². The second-order valence-corrected chi connectivity index (χ2v) is 7.97. The third-order valence-corrected chi connectivity index (χ3v) is 5.43. The van der Waals surface area contributed by atoms with Crippen LogP contribution >= 0.6 is 11.8 Å². The molecule has 7 heteroatoms. The maximum absolute atomic E-state index is 13.0. The highest BCUT2D eigenvalue weighted by Crippen LogP contribution is 2.27. The summed E-state index contributed by atoms with van der Waals surface area (Å²) in [5.41, 5.74) is 3.96. The first-order valence-corrected chi connectivity index (χ1v) is 11.3. The summed E-state index contributed by atoms with van der Waals surface area (Å²) < 4.78 is 0. The van der Waals surface area contributed by atoms with Gasteiger partial charge in [0.25, 0.3) is 5.91 Å². The number of anilines is 1. The number of carboxylic acid groups (broad SMARTS) is 1. The van der Waals surface area contributed by atoms with Crippen LogP contribution in [0.3, 0.4) is 0 Å². The summed E-state index contributed by atoms with van der Waals surface area (Å²) in [6.07, 6.45) is 5.81. The molecule has 0 aliphatic carbocycles. The Labute approximate surface area is 186 Å². The molecule has 0 unspecified atom stereocenters. The average Bonchev–Trinajstić information content (AvgIpc) is 2.81. The second kappa shape index (κ2) is 11.2. The molecule has 0 saturated carbocycles. The van der Waals surface area contributed by atoms with Crippen molar-refractivity contribution in [1.29, 1.82) is 0 Å². The summed E-state index contributed by atoms with van der Waals surface area (Å²) in [6.45, 7) is 0.601. The van der Waals surface area contributed by atoms with E-state index in [9.17, 15) is 14.7 Å². The van der Waals surface area contributed by atoms with Crippen LogP contribution in [-0.4, -0.2) is 40.0 Å². The summed E-state index contributed by atoms with van der Waals surface area (Å²) in [5, 5.41) is 15.5. The number of hydrogen-bond donors (Lipinski definition) is 3. The quantitative estimate of drug-likeness (QED) is 0.440. The minimum absolute atomic E-state index is 0.369. The van der Waals surface area contributed by atoms with Crippen molar-refractivity contribution in [1.82, 2.24) is 10.3 Å². The first kappa shape index (κ1) is 22.4. The summed E-state index contributed by atoms with van der Waals surface area (Å²) in [7, 11) is 0. The minimum atomic E-state index is -1.03. The van der Waals surface area contributed by atoms with Crippen molar-refractivity contribution in [2.75, 3.05) is 17.3 Å². The molecule has 0 radical (unpaired) electrons. The molecule has 31 heavy (non-hydrogen) atoms. The minimum Gasteiger partial charge on any atom is -0.480 e. The van der Waals surface area contributed by atoms with Gasteiger partial charge in [-0.05, 0) is 59.4 Å². The number of thioether (sulfide) groups is 1. The van der Waals surface area contributed by atoms with Crippen LogP contribution in [0.4, 0.5) is 5.69 Å². The molecular formula is C24H25N3O3S. The lowest BCUT2D eigenvalue weighted by Gasteiger charge is -2.17. The van der Waals surface area contributed by atoms with E-state index in [1.165, 1.54) is 0 Å². The maximum Gasteiger partial charge on any atom is 0.326 e. The molecule has 1 amide bonds. The van der Waals surface area contributed by atoms with Gasteiger partial charge in [-0.25, -0.2) is 4.79 Å². The van der Waals surface area contributed by atoms with Crippen molar-refractivity contribution < 1.29 is 14.7 Å². The Hall–Kier alpha value is -3.32. The molecule has 0 fully saturated rings. The molecule has 0 saturated heterocycles. The fourth-order valence-electron chi connectivity index (χ4n) is 3.14. The van der Waals surface area contributed by atoms with Crippen LogP contribution in [0.2, 0.25) is 0 Å². The van der Waals surface area contributed by atoms with E-state index in [2.05, 4.69) is 15.6 Å². The highest BCUT2D eigenvalue weighted by atomic mass is 32.2. The van der Waals surface area contributed by atoms with Gasteiger partial charge in [-0.15, -0.1) is 0 Å². The van der Waals surface area contributed by atoms with E-state index in [-0.39, 0.29) is 0 Å². The van der Waals surface area contributed by atoms with E-state index in [1.807, 2.05) is 60.9 Å². The molecule has 1 atom stereocenters. The molecule has 6 nitrogen and oxygen atoms in total. The monoisotopic (exact) mass is 435 g/mol. The highest BCUT2D eigenvalue weighted by molar-refractivity contribution is 7.98. The zero-order valence-electron chi connectivity index (χ0n) is 17.2. The van der Waals surface area contributed by atoms with Crippen molar-refractivity contribution in [2.24, 2.45) is 0 Å². The van der Waals surface area contributed by atoms with E-state index >= 15 is 0 Å². The van der Waals surface area contributed by atoms with Gasteiger partial charge in [-0.3, -0.25) is 9.78 Å². The van der Waals surface area contributed by atoms with E-state index in [4.69, 9.17) is 0 Å². The number of carbonyl (C=O) groups is 2. The number of hydrogen-bond acceptors (Lipinski definition) is 5.